The second-order valence-electron chi connectivity index (χ2n) is 4.54. The number of amides is 1. The van der Waals surface area contributed by atoms with Crippen LogP contribution in [0.25, 0.3) is 0 Å². The second-order valence-corrected chi connectivity index (χ2v) is 8.35. The van der Waals surface area contributed by atoms with Gasteiger partial charge in [0.25, 0.3) is 5.91 Å². The maximum atomic E-state index is 12.0. The highest BCUT2D eigenvalue weighted by molar-refractivity contribution is 9.09. The molecule has 2 nitrogen and oxygen atoms in total. The number of fused-ring (bicyclic) bond motifs is 1. The lowest BCUT2D eigenvalue weighted by atomic mass is 10.2. The standard InChI is InChI=1S/C13H18BrNOS2/c1-9(14)3-2-5-15-13(16)12-7-10-8-17-6-4-11(10)18-12/h7,9H,2-6,8H2,1H3,(H,15,16). The van der Waals surface area contributed by atoms with E-state index in [9.17, 15) is 4.79 Å². The Morgan fingerprint density at radius 1 is 1.61 bits per heavy atom. The van der Waals surface area contributed by atoms with Crippen molar-refractivity contribution in [3.8, 4) is 0 Å². The van der Waals surface area contributed by atoms with Crippen molar-refractivity contribution in [3.05, 3.63) is 21.4 Å². The van der Waals surface area contributed by atoms with Gasteiger partial charge in [-0.3, -0.25) is 4.79 Å². The Bertz CT molecular complexity index is 394. The van der Waals surface area contributed by atoms with Crippen LogP contribution in [0.15, 0.2) is 6.07 Å². The van der Waals surface area contributed by atoms with Gasteiger partial charge in [0.2, 0.25) is 0 Å². The number of thiophene rings is 1. The second kappa shape index (κ2) is 6.96. The van der Waals surface area contributed by atoms with Crippen molar-refractivity contribution in [1.82, 2.24) is 5.32 Å². The summed E-state index contributed by atoms with van der Waals surface area (Å²) in [6.45, 7) is 2.90. The molecule has 0 saturated heterocycles. The molecule has 1 atom stereocenters. The molecule has 1 aliphatic rings. The van der Waals surface area contributed by atoms with Crippen LogP contribution in [0.4, 0.5) is 0 Å². The summed E-state index contributed by atoms with van der Waals surface area (Å²) >= 11 is 7.14. The largest absolute Gasteiger partial charge is 0.351 e. The molecule has 0 saturated carbocycles. The van der Waals surface area contributed by atoms with Crippen LogP contribution in [0.3, 0.4) is 0 Å². The normalized spacial score (nSPS) is 16.1. The van der Waals surface area contributed by atoms with Crippen LogP contribution in [-0.4, -0.2) is 23.0 Å². The Balaban J connectivity index is 1.83. The van der Waals surface area contributed by atoms with E-state index in [1.165, 1.54) is 16.2 Å². The first-order valence-corrected chi connectivity index (χ1v) is 9.17. The summed E-state index contributed by atoms with van der Waals surface area (Å²) in [5, 5.41) is 3.01. The molecule has 100 valence electrons. The van der Waals surface area contributed by atoms with Crippen LogP contribution < -0.4 is 5.32 Å². The van der Waals surface area contributed by atoms with Gasteiger partial charge in [0.1, 0.15) is 0 Å². The number of hydrogen-bond acceptors (Lipinski definition) is 3. The van der Waals surface area contributed by atoms with E-state index < -0.39 is 0 Å². The van der Waals surface area contributed by atoms with Gasteiger partial charge in [-0.15, -0.1) is 11.3 Å². The van der Waals surface area contributed by atoms with Gasteiger partial charge in [0, 0.05) is 22.0 Å². The minimum Gasteiger partial charge on any atom is -0.351 e. The first kappa shape index (κ1) is 14.4. The van der Waals surface area contributed by atoms with Gasteiger partial charge in [-0.05, 0) is 36.6 Å². The fraction of sp³-hybridized carbons (Fsp3) is 0.615. The fourth-order valence-electron chi connectivity index (χ4n) is 1.93. The minimum absolute atomic E-state index is 0.0987. The molecule has 18 heavy (non-hydrogen) atoms. The van der Waals surface area contributed by atoms with Gasteiger partial charge < -0.3 is 5.32 Å². The average Bonchev–Trinajstić information content (AvgIpc) is 2.78. The van der Waals surface area contributed by atoms with Crippen molar-refractivity contribution in [3.63, 3.8) is 0 Å². The predicted octanol–water partition coefficient (Wildman–Crippen LogP) is 3.83. The number of nitrogens with one attached hydrogen (secondary N) is 1. The molecule has 0 bridgehead atoms. The van der Waals surface area contributed by atoms with Crippen LogP contribution >= 0.6 is 39.0 Å². The Hall–Kier alpha value is -0.000000000000000111. The Morgan fingerprint density at radius 2 is 2.44 bits per heavy atom. The van der Waals surface area contributed by atoms with E-state index >= 15 is 0 Å². The molecule has 1 amide bonds. The Kier molecular flexibility index (Phi) is 5.57. The summed E-state index contributed by atoms with van der Waals surface area (Å²) in [5.41, 5.74) is 1.37. The van der Waals surface area contributed by atoms with E-state index in [2.05, 4.69) is 34.2 Å². The zero-order valence-corrected chi connectivity index (χ0v) is 13.7. The minimum atomic E-state index is 0.0987. The van der Waals surface area contributed by atoms with Gasteiger partial charge in [0.15, 0.2) is 0 Å². The number of carbonyl (C=O) groups excluding carboxylic acids is 1. The summed E-state index contributed by atoms with van der Waals surface area (Å²) < 4.78 is 0. The van der Waals surface area contributed by atoms with Crippen molar-refractivity contribution >= 4 is 44.9 Å². The maximum absolute atomic E-state index is 12.0. The summed E-state index contributed by atoms with van der Waals surface area (Å²) in [5.74, 6) is 2.36. The molecule has 0 spiro atoms. The molecule has 1 unspecified atom stereocenters. The first-order valence-electron chi connectivity index (χ1n) is 6.28. The van der Waals surface area contributed by atoms with Crippen molar-refractivity contribution in [2.45, 2.75) is 36.8 Å². The molecule has 2 heterocycles. The Labute approximate surface area is 125 Å². The molecular weight excluding hydrogens is 330 g/mol. The van der Waals surface area contributed by atoms with Crippen molar-refractivity contribution < 1.29 is 4.79 Å². The average molecular weight is 348 g/mol. The van der Waals surface area contributed by atoms with Crippen molar-refractivity contribution in [2.24, 2.45) is 0 Å². The third kappa shape index (κ3) is 4.00. The number of alkyl halides is 1. The lowest BCUT2D eigenvalue weighted by Gasteiger charge is -2.08. The van der Waals surface area contributed by atoms with E-state index in [4.69, 9.17) is 0 Å². The highest BCUT2D eigenvalue weighted by Crippen LogP contribution is 2.31. The molecule has 0 aromatic carbocycles. The van der Waals surface area contributed by atoms with Crippen LogP contribution in [0, 0.1) is 0 Å². The number of thioether (sulfide) groups is 1. The van der Waals surface area contributed by atoms with Gasteiger partial charge in [-0.25, -0.2) is 0 Å². The fourth-order valence-corrected chi connectivity index (χ4v) is 4.54. The van der Waals surface area contributed by atoms with Crippen molar-refractivity contribution in [2.75, 3.05) is 12.3 Å². The summed E-state index contributed by atoms with van der Waals surface area (Å²) in [4.78, 5) is 14.8. The number of aryl methyl sites for hydroxylation is 1. The SMILES string of the molecule is CC(Br)CCCNC(=O)c1cc2c(s1)CCSC2. The molecule has 0 radical (unpaired) electrons. The predicted molar refractivity (Wildman–Crippen MR) is 84.1 cm³/mol. The van der Waals surface area contributed by atoms with Gasteiger partial charge in [-0.2, -0.15) is 11.8 Å². The van der Waals surface area contributed by atoms with E-state index in [0.29, 0.717) is 4.83 Å². The molecule has 0 aliphatic carbocycles. The number of rotatable bonds is 5. The van der Waals surface area contributed by atoms with Gasteiger partial charge in [0.05, 0.1) is 4.88 Å². The molecule has 5 heteroatoms. The quantitative estimate of drug-likeness (QED) is 0.647. The lowest BCUT2D eigenvalue weighted by molar-refractivity contribution is 0.0957. The van der Waals surface area contributed by atoms with Crippen LogP contribution in [0.5, 0.6) is 0 Å². The molecule has 2 rings (SSSR count). The van der Waals surface area contributed by atoms with Crippen LogP contribution in [0.1, 0.15) is 39.9 Å². The summed E-state index contributed by atoms with van der Waals surface area (Å²) in [6, 6.07) is 2.08. The van der Waals surface area contributed by atoms with Crippen LogP contribution in [0.2, 0.25) is 0 Å². The zero-order chi connectivity index (χ0) is 13.0. The molecular formula is C13H18BrNOS2. The smallest absolute Gasteiger partial charge is 0.261 e. The third-order valence-corrected chi connectivity index (χ3v) is 5.62. The van der Waals surface area contributed by atoms with E-state index in [1.54, 1.807) is 11.3 Å². The monoisotopic (exact) mass is 347 g/mol. The molecule has 1 aromatic heterocycles. The van der Waals surface area contributed by atoms with Crippen molar-refractivity contribution in [1.29, 1.82) is 0 Å². The highest BCUT2D eigenvalue weighted by Gasteiger charge is 2.17. The number of carbonyl (C=O) groups is 1. The molecule has 1 aliphatic heterocycles. The summed E-state index contributed by atoms with van der Waals surface area (Å²) in [7, 11) is 0. The number of hydrogen-bond donors (Lipinski definition) is 1. The van der Waals surface area contributed by atoms with E-state index in [0.717, 1.165) is 36.4 Å². The Morgan fingerprint density at radius 3 is 3.17 bits per heavy atom. The topological polar surface area (TPSA) is 29.1 Å². The summed E-state index contributed by atoms with van der Waals surface area (Å²) in [6.07, 6.45) is 3.25. The number of halogens is 1. The van der Waals surface area contributed by atoms with E-state index in [-0.39, 0.29) is 5.91 Å². The zero-order valence-electron chi connectivity index (χ0n) is 10.5. The molecule has 1 aromatic rings. The van der Waals surface area contributed by atoms with Crippen LogP contribution in [-0.2, 0) is 12.2 Å². The first-order chi connectivity index (χ1) is 8.66. The maximum Gasteiger partial charge on any atom is 0.261 e. The van der Waals surface area contributed by atoms with Gasteiger partial charge >= 0.3 is 0 Å². The lowest BCUT2D eigenvalue weighted by Crippen LogP contribution is -2.23. The van der Waals surface area contributed by atoms with E-state index in [1.807, 2.05) is 11.8 Å². The highest BCUT2D eigenvalue weighted by atomic mass is 79.9. The third-order valence-electron chi connectivity index (χ3n) is 2.92. The molecule has 1 N–H and O–H groups in total. The van der Waals surface area contributed by atoms with Gasteiger partial charge in [-0.1, -0.05) is 22.9 Å². The molecule has 0 fully saturated rings.